The third-order valence-corrected chi connectivity index (χ3v) is 4.17. The minimum Gasteiger partial charge on any atom is -0.478 e. The molecule has 1 atom stereocenters. The molecule has 0 spiro atoms. The molecule has 2 aromatic carbocycles. The summed E-state index contributed by atoms with van der Waals surface area (Å²) in [7, 11) is 0. The van der Waals surface area contributed by atoms with E-state index in [1.165, 1.54) is 12.1 Å². The summed E-state index contributed by atoms with van der Waals surface area (Å²) >= 11 is 5.94. The molecular weight excluding hydrogens is 414 g/mol. The van der Waals surface area contributed by atoms with E-state index in [1.807, 2.05) is 0 Å². The first-order chi connectivity index (χ1) is 12.9. The number of carboxylic acid groups (broad SMARTS) is 1. The molecule has 0 amide bonds. The van der Waals surface area contributed by atoms with Crippen molar-refractivity contribution in [3.05, 3.63) is 58.1 Å². The number of aliphatic carboxylic acids is 1. The van der Waals surface area contributed by atoms with Crippen LogP contribution in [0.1, 0.15) is 11.1 Å². The van der Waals surface area contributed by atoms with Gasteiger partial charge in [0.25, 0.3) is 0 Å². The largest absolute Gasteiger partial charge is 0.478 e. The van der Waals surface area contributed by atoms with Gasteiger partial charge in [0.05, 0.1) is 11.1 Å². The van der Waals surface area contributed by atoms with Crippen LogP contribution in [0.5, 0.6) is 5.75 Å². The van der Waals surface area contributed by atoms with Crippen molar-refractivity contribution in [2.24, 2.45) is 0 Å². The van der Waals surface area contributed by atoms with Gasteiger partial charge in [0, 0.05) is 16.1 Å². The van der Waals surface area contributed by atoms with E-state index in [0.717, 1.165) is 30.3 Å². The molecule has 0 bridgehead atoms. The molecule has 0 fully saturated rings. The Kier molecular flexibility index (Phi) is 4.82. The summed E-state index contributed by atoms with van der Waals surface area (Å²) in [6, 6.07) is 6.22. The number of hydrogen-bond donors (Lipinski definition) is 1. The van der Waals surface area contributed by atoms with E-state index >= 15 is 0 Å². The molecular formula is C18H9ClF6O3. The molecule has 0 aromatic heterocycles. The number of alkyl halides is 6. The third kappa shape index (κ3) is 3.80. The highest BCUT2D eigenvalue weighted by atomic mass is 35.5. The van der Waals surface area contributed by atoms with Gasteiger partial charge in [-0.15, -0.1) is 0 Å². The smallest absolute Gasteiger partial charge is 0.430 e. The molecule has 1 aliphatic heterocycles. The summed E-state index contributed by atoms with van der Waals surface area (Å²) in [5, 5.41) is 9.06. The number of hydrogen-bond acceptors (Lipinski definition) is 2. The molecule has 2 aromatic rings. The summed E-state index contributed by atoms with van der Waals surface area (Å²) in [6.45, 7) is 0. The number of benzene rings is 2. The predicted molar refractivity (Wildman–Crippen MR) is 88.0 cm³/mol. The Labute approximate surface area is 158 Å². The minimum atomic E-state index is -5.05. The number of carbonyl (C=O) groups is 1. The highest BCUT2D eigenvalue weighted by Crippen LogP contribution is 2.45. The van der Waals surface area contributed by atoms with E-state index in [9.17, 15) is 31.1 Å². The average Bonchev–Trinajstić information content (AvgIpc) is 2.58. The van der Waals surface area contributed by atoms with Gasteiger partial charge in [-0.25, -0.2) is 4.79 Å². The Morgan fingerprint density at radius 2 is 1.75 bits per heavy atom. The lowest BCUT2D eigenvalue weighted by molar-refractivity contribution is -0.187. The van der Waals surface area contributed by atoms with E-state index in [1.54, 1.807) is 0 Å². The Balaban J connectivity index is 2.22. The van der Waals surface area contributed by atoms with Crippen molar-refractivity contribution in [2.45, 2.75) is 18.5 Å². The van der Waals surface area contributed by atoms with Crippen LogP contribution in [0.4, 0.5) is 26.3 Å². The molecule has 148 valence electrons. The van der Waals surface area contributed by atoms with Gasteiger partial charge in [0.1, 0.15) is 5.75 Å². The Morgan fingerprint density at radius 3 is 2.32 bits per heavy atom. The van der Waals surface area contributed by atoms with Gasteiger partial charge in [0.15, 0.2) is 0 Å². The highest BCUT2D eigenvalue weighted by molar-refractivity contribution is 6.31. The first-order valence-corrected chi connectivity index (χ1v) is 7.95. The maximum absolute atomic E-state index is 13.3. The van der Waals surface area contributed by atoms with Crippen molar-refractivity contribution in [2.75, 3.05) is 0 Å². The van der Waals surface area contributed by atoms with E-state index in [2.05, 4.69) is 0 Å². The van der Waals surface area contributed by atoms with Gasteiger partial charge in [-0.1, -0.05) is 23.7 Å². The Hall–Kier alpha value is -2.68. The van der Waals surface area contributed by atoms with Crippen LogP contribution in [0.2, 0.25) is 5.02 Å². The summed E-state index contributed by atoms with van der Waals surface area (Å²) in [5.41, 5.74) is -2.36. The lowest BCUT2D eigenvalue weighted by Crippen LogP contribution is -2.40. The van der Waals surface area contributed by atoms with E-state index < -0.39 is 41.3 Å². The maximum atomic E-state index is 13.3. The minimum absolute atomic E-state index is 0.0128. The second-order valence-electron chi connectivity index (χ2n) is 5.89. The molecule has 28 heavy (non-hydrogen) atoms. The molecule has 3 nitrogen and oxygen atoms in total. The topological polar surface area (TPSA) is 46.5 Å². The molecule has 1 unspecified atom stereocenters. The van der Waals surface area contributed by atoms with Gasteiger partial charge in [0.2, 0.25) is 6.10 Å². The lowest BCUT2D eigenvalue weighted by Gasteiger charge is -2.28. The standard InChI is InChI=1S/C18H9ClF6O3/c19-11-5-9-6-13(16(26)27)15(18(23,24)25)28-14(9)12(7-11)8-2-1-3-10(4-8)17(20,21)22/h1-7,15H,(H,26,27). The number of fused-ring (bicyclic) bond motifs is 1. The SMILES string of the molecule is O=C(O)C1=Cc2cc(Cl)cc(-c3cccc(C(F)(F)F)c3)c2OC1C(F)(F)F. The van der Waals surface area contributed by atoms with Gasteiger partial charge in [-0.3, -0.25) is 0 Å². The lowest BCUT2D eigenvalue weighted by atomic mass is 9.95. The zero-order chi connectivity index (χ0) is 20.9. The van der Waals surface area contributed by atoms with Crippen LogP contribution in [-0.4, -0.2) is 23.4 Å². The molecule has 1 aliphatic rings. The average molecular weight is 423 g/mol. The van der Waals surface area contributed by atoms with E-state index in [-0.39, 0.29) is 21.7 Å². The molecule has 10 heteroatoms. The van der Waals surface area contributed by atoms with Crippen molar-refractivity contribution in [3.8, 4) is 16.9 Å². The number of rotatable bonds is 2. The van der Waals surface area contributed by atoms with Crippen molar-refractivity contribution in [3.63, 3.8) is 0 Å². The van der Waals surface area contributed by atoms with Crippen LogP contribution in [-0.2, 0) is 11.0 Å². The first kappa shape index (κ1) is 20.1. The monoisotopic (exact) mass is 422 g/mol. The van der Waals surface area contributed by atoms with Gasteiger partial charge in [-0.05, 0) is 35.9 Å². The van der Waals surface area contributed by atoms with Crippen LogP contribution < -0.4 is 4.74 Å². The van der Waals surface area contributed by atoms with Crippen LogP contribution in [0.25, 0.3) is 17.2 Å². The molecule has 3 rings (SSSR count). The molecule has 0 aliphatic carbocycles. The zero-order valence-corrected chi connectivity index (χ0v) is 14.3. The van der Waals surface area contributed by atoms with E-state index in [0.29, 0.717) is 0 Å². The van der Waals surface area contributed by atoms with Gasteiger partial charge in [-0.2, -0.15) is 26.3 Å². The molecule has 0 saturated carbocycles. The second kappa shape index (κ2) is 6.73. The van der Waals surface area contributed by atoms with Gasteiger partial charge >= 0.3 is 18.3 Å². The summed E-state index contributed by atoms with van der Waals surface area (Å²) in [5.74, 6) is -2.25. The Morgan fingerprint density at radius 1 is 1.07 bits per heavy atom. The second-order valence-corrected chi connectivity index (χ2v) is 6.33. The third-order valence-electron chi connectivity index (χ3n) is 3.96. The molecule has 1 heterocycles. The van der Waals surface area contributed by atoms with Crippen LogP contribution in [0, 0.1) is 0 Å². The summed E-state index contributed by atoms with van der Waals surface area (Å²) in [6.07, 6.45) is -11.7. The summed E-state index contributed by atoms with van der Waals surface area (Å²) < 4.78 is 83.7. The number of halogens is 7. The Bertz CT molecular complexity index is 978. The van der Waals surface area contributed by atoms with Gasteiger partial charge < -0.3 is 9.84 Å². The van der Waals surface area contributed by atoms with Crippen molar-refractivity contribution in [1.82, 2.24) is 0 Å². The fourth-order valence-electron chi connectivity index (χ4n) is 2.77. The van der Waals surface area contributed by atoms with Crippen LogP contribution >= 0.6 is 11.6 Å². The highest BCUT2D eigenvalue weighted by Gasteiger charge is 2.49. The normalized spacial score (nSPS) is 16.8. The quantitative estimate of drug-likeness (QED) is 0.621. The first-order valence-electron chi connectivity index (χ1n) is 7.57. The number of carboxylic acids is 1. The molecule has 1 N–H and O–H groups in total. The van der Waals surface area contributed by atoms with Crippen LogP contribution in [0.3, 0.4) is 0 Å². The van der Waals surface area contributed by atoms with Crippen molar-refractivity contribution < 1.29 is 41.0 Å². The summed E-state index contributed by atoms with van der Waals surface area (Å²) in [4.78, 5) is 11.2. The molecule has 0 radical (unpaired) electrons. The van der Waals surface area contributed by atoms with Crippen LogP contribution in [0.15, 0.2) is 42.0 Å². The fraction of sp³-hybridized carbons (Fsp3) is 0.167. The van der Waals surface area contributed by atoms with Crippen molar-refractivity contribution >= 4 is 23.6 Å². The fourth-order valence-corrected chi connectivity index (χ4v) is 3.00. The zero-order valence-electron chi connectivity index (χ0n) is 13.5. The van der Waals surface area contributed by atoms with E-state index in [4.69, 9.17) is 21.4 Å². The maximum Gasteiger partial charge on any atom is 0.430 e. The predicted octanol–water partition coefficient (Wildman–Crippen LogP) is 5.82. The van der Waals surface area contributed by atoms with Crippen molar-refractivity contribution in [1.29, 1.82) is 0 Å². The number of ether oxygens (including phenoxy) is 1. The molecule has 0 saturated heterocycles.